The second-order valence-corrected chi connectivity index (χ2v) is 7.10. The molecule has 0 aliphatic rings. The molecule has 0 N–H and O–H groups in total. The molecule has 0 unspecified atom stereocenters. The van der Waals surface area contributed by atoms with E-state index in [-0.39, 0.29) is 43.9 Å². The van der Waals surface area contributed by atoms with E-state index in [1.807, 2.05) is 22.9 Å². The van der Waals surface area contributed by atoms with Crippen LogP contribution in [0.15, 0.2) is 42.7 Å². The summed E-state index contributed by atoms with van der Waals surface area (Å²) in [5.41, 5.74) is 4.90. The van der Waals surface area contributed by atoms with Crippen LogP contribution >= 0.6 is 0 Å². The molecule has 23 heavy (non-hydrogen) atoms. The molecule has 119 valence electrons. The number of nitrogens with zero attached hydrogens (tertiary/aromatic N) is 1. The summed E-state index contributed by atoms with van der Waals surface area (Å²) in [4.78, 5) is 12.4. The van der Waals surface area contributed by atoms with Crippen molar-refractivity contribution in [3.8, 4) is 0 Å². The van der Waals surface area contributed by atoms with Crippen LogP contribution in [0, 0.1) is 13.8 Å². The Morgan fingerprint density at radius 2 is 1.65 bits per heavy atom. The third kappa shape index (κ3) is 5.62. The van der Waals surface area contributed by atoms with Crippen molar-refractivity contribution in [3.05, 3.63) is 65.0 Å². The number of aromatic nitrogens is 1. The molecule has 0 fully saturated rings. The molecule has 0 bridgehead atoms. The number of hydrogen-bond donors (Lipinski definition) is 0. The number of Topliss-reactive ketones (excluding diaryl/α,β-unsaturated/α-hetero) is 1. The van der Waals surface area contributed by atoms with E-state index in [1.165, 1.54) is 22.3 Å². The Hall–Kier alpha value is -0.856. The summed E-state index contributed by atoms with van der Waals surface area (Å²) in [5, 5.41) is 0. The summed E-state index contributed by atoms with van der Waals surface area (Å²) in [6, 6.07) is 10.3. The molecule has 0 saturated heterocycles. The SMILES string of the molecule is Cc1cccc(C)c1CC(=O)C[n+]1cccc(C(C)(C)C)c1.[Y]. The molecule has 0 aliphatic heterocycles. The average molecular weight is 385 g/mol. The van der Waals surface area contributed by atoms with E-state index < -0.39 is 0 Å². The molecule has 2 aromatic rings. The molecule has 0 amide bonds. The van der Waals surface area contributed by atoms with Gasteiger partial charge in [-0.3, -0.25) is 4.79 Å². The first kappa shape index (κ1) is 20.2. The van der Waals surface area contributed by atoms with Crippen molar-refractivity contribution in [2.75, 3.05) is 0 Å². The number of ketones is 1. The smallest absolute Gasteiger partial charge is 0.206 e. The molecule has 0 aliphatic carbocycles. The minimum Gasteiger partial charge on any atom is -0.292 e. The van der Waals surface area contributed by atoms with Gasteiger partial charge in [0.1, 0.15) is 0 Å². The second-order valence-electron chi connectivity index (χ2n) is 7.10. The summed E-state index contributed by atoms with van der Waals surface area (Å²) in [6.07, 6.45) is 4.56. The average Bonchev–Trinajstić information content (AvgIpc) is 2.42. The van der Waals surface area contributed by atoms with Gasteiger partial charge in [-0.15, -0.1) is 0 Å². The van der Waals surface area contributed by atoms with Gasteiger partial charge in [0.15, 0.2) is 12.4 Å². The summed E-state index contributed by atoms with van der Waals surface area (Å²) in [6.45, 7) is 11.1. The fraction of sp³-hybridized carbons (Fsp3) is 0.400. The van der Waals surface area contributed by atoms with Gasteiger partial charge >= 0.3 is 0 Å². The molecular formula is C20H26NOY+. The summed E-state index contributed by atoms with van der Waals surface area (Å²) in [5.74, 6) is 0.244. The van der Waals surface area contributed by atoms with E-state index >= 15 is 0 Å². The largest absolute Gasteiger partial charge is 0.292 e. The number of pyridine rings is 1. The number of aryl methyl sites for hydroxylation is 2. The molecule has 1 aromatic carbocycles. The number of carbonyl (C=O) groups excluding carboxylic acids is 1. The molecule has 2 rings (SSSR count). The summed E-state index contributed by atoms with van der Waals surface area (Å²) < 4.78 is 2.00. The number of benzene rings is 1. The van der Waals surface area contributed by atoms with E-state index in [9.17, 15) is 4.79 Å². The predicted octanol–water partition coefficient (Wildman–Crippen LogP) is 3.70. The van der Waals surface area contributed by atoms with Gasteiger partial charge in [0.2, 0.25) is 12.3 Å². The van der Waals surface area contributed by atoms with Crippen molar-refractivity contribution in [3.63, 3.8) is 0 Å². The van der Waals surface area contributed by atoms with Crippen LogP contribution in [0.4, 0.5) is 0 Å². The first-order valence-corrected chi connectivity index (χ1v) is 7.84. The summed E-state index contributed by atoms with van der Waals surface area (Å²) in [7, 11) is 0. The number of rotatable bonds is 4. The maximum atomic E-state index is 12.4. The first-order valence-electron chi connectivity index (χ1n) is 7.84. The molecule has 2 nitrogen and oxygen atoms in total. The van der Waals surface area contributed by atoms with Crippen LogP contribution in [0.1, 0.15) is 43.0 Å². The minimum absolute atomic E-state index is 0. The van der Waals surface area contributed by atoms with Crippen LogP contribution in [-0.2, 0) is 55.9 Å². The normalized spacial score (nSPS) is 11.0. The van der Waals surface area contributed by atoms with Crippen LogP contribution in [-0.4, -0.2) is 5.78 Å². The standard InChI is InChI=1S/C20H26NO.Y/c1-15-8-6-9-16(2)19(15)12-18(22)14-21-11-7-10-17(13-21)20(3,4)5;/h6-11,13H,12,14H2,1-5H3;/q+1;. The summed E-state index contributed by atoms with van der Waals surface area (Å²) >= 11 is 0. The molecule has 1 aromatic heterocycles. The fourth-order valence-electron chi connectivity index (χ4n) is 2.65. The van der Waals surface area contributed by atoms with Gasteiger partial charge in [-0.1, -0.05) is 39.0 Å². The minimum atomic E-state index is 0. The Morgan fingerprint density at radius 1 is 1.04 bits per heavy atom. The quantitative estimate of drug-likeness (QED) is 0.736. The fourth-order valence-corrected chi connectivity index (χ4v) is 2.65. The molecule has 0 spiro atoms. The Labute approximate surface area is 165 Å². The third-order valence-electron chi connectivity index (χ3n) is 4.10. The van der Waals surface area contributed by atoms with Crippen molar-refractivity contribution >= 4 is 5.78 Å². The van der Waals surface area contributed by atoms with Crippen molar-refractivity contribution < 1.29 is 42.1 Å². The van der Waals surface area contributed by atoms with Crippen molar-refractivity contribution in [2.24, 2.45) is 0 Å². The van der Waals surface area contributed by atoms with Crippen LogP contribution in [0.25, 0.3) is 0 Å². The Balaban J connectivity index is 0.00000264. The molecule has 1 radical (unpaired) electrons. The third-order valence-corrected chi connectivity index (χ3v) is 4.10. The van der Waals surface area contributed by atoms with Gasteiger partial charge in [-0.25, -0.2) is 0 Å². The van der Waals surface area contributed by atoms with Crippen LogP contribution < -0.4 is 4.57 Å². The Morgan fingerprint density at radius 3 is 2.22 bits per heavy atom. The van der Waals surface area contributed by atoms with Crippen molar-refractivity contribution in [2.45, 2.75) is 53.0 Å². The van der Waals surface area contributed by atoms with Gasteiger partial charge in [0.05, 0.1) is 0 Å². The van der Waals surface area contributed by atoms with Crippen LogP contribution in [0.2, 0.25) is 0 Å². The second kappa shape index (κ2) is 8.30. The van der Waals surface area contributed by atoms with E-state index in [4.69, 9.17) is 0 Å². The molecule has 1 heterocycles. The zero-order valence-electron chi connectivity index (χ0n) is 14.9. The van der Waals surface area contributed by atoms with E-state index in [2.05, 4.69) is 59.0 Å². The van der Waals surface area contributed by atoms with Gasteiger partial charge in [0.25, 0.3) is 0 Å². The molecule has 0 saturated carbocycles. The monoisotopic (exact) mass is 385 g/mol. The molecule has 0 atom stereocenters. The van der Waals surface area contributed by atoms with E-state index in [1.54, 1.807) is 0 Å². The number of carbonyl (C=O) groups is 1. The Kier molecular flexibility index (Phi) is 7.29. The molecular weight excluding hydrogens is 359 g/mol. The predicted molar refractivity (Wildman–Crippen MR) is 90.0 cm³/mol. The van der Waals surface area contributed by atoms with Gasteiger partial charge in [-0.05, 0) is 42.0 Å². The zero-order valence-corrected chi connectivity index (χ0v) is 17.7. The van der Waals surface area contributed by atoms with Crippen molar-refractivity contribution in [1.82, 2.24) is 0 Å². The zero-order chi connectivity index (χ0) is 16.3. The van der Waals surface area contributed by atoms with Gasteiger partial charge in [-0.2, -0.15) is 4.57 Å². The van der Waals surface area contributed by atoms with Gasteiger partial charge < -0.3 is 0 Å². The van der Waals surface area contributed by atoms with E-state index in [0.717, 1.165) is 0 Å². The van der Waals surface area contributed by atoms with E-state index in [0.29, 0.717) is 13.0 Å². The maximum absolute atomic E-state index is 12.4. The van der Waals surface area contributed by atoms with Crippen LogP contribution in [0.5, 0.6) is 0 Å². The first-order chi connectivity index (χ1) is 10.3. The van der Waals surface area contributed by atoms with Gasteiger partial charge in [0, 0.05) is 50.8 Å². The number of hydrogen-bond acceptors (Lipinski definition) is 1. The Bertz CT molecular complexity index is 666. The topological polar surface area (TPSA) is 20.9 Å². The van der Waals surface area contributed by atoms with Crippen LogP contribution in [0.3, 0.4) is 0 Å². The maximum Gasteiger partial charge on any atom is 0.206 e. The molecule has 3 heteroatoms. The van der Waals surface area contributed by atoms with Crippen molar-refractivity contribution in [1.29, 1.82) is 0 Å².